The highest BCUT2D eigenvalue weighted by Gasteiger charge is 2.11. The Morgan fingerprint density at radius 3 is 3.20 bits per heavy atom. The molecule has 0 spiro atoms. The van der Waals surface area contributed by atoms with Gasteiger partial charge >= 0.3 is 0 Å². The van der Waals surface area contributed by atoms with Crippen LogP contribution in [-0.4, -0.2) is 20.2 Å². The number of hydrogen-bond donors (Lipinski definition) is 1. The van der Waals surface area contributed by atoms with Gasteiger partial charge in [0.25, 0.3) is 0 Å². The van der Waals surface area contributed by atoms with Gasteiger partial charge in [0.2, 0.25) is 0 Å². The van der Waals surface area contributed by atoms with Gasteiger partial charge in [0.05, 0.1) is 12.3 Å². The number of hydrogen-bond acceptors (Lipinski definition) is 4. The summed E-state index contributed by atoms with van der Waals surface area (Å²) in [5.74, 6) is 1.08. The predicted molar refractivity (Wildman–Crippen MR) is 64.6 cm³/mol. The summed E-state index contributed by atoms with van der Waals surface area (Å²) in [7, 11) is 0. The molecule has 0 aliphatic heterocycles. The fraction of sp³-hybridized carbons (Fsp3) is 0.500. The number of thiazole rings is 1. The van der Waals surface area contributed by atoms with Crippen molar-refractivity contribution < 1.29 is 5.11 Å². The third-order valence-electron chi connectivity index (χ3n) is 2.21. The van der Waals surface area contributed by atoms with Gasteiger partial charge in [-0.05, 0) is 12.2 Å². The molecule has 5 heteroatoms. The quantitative estimate of drug-likeness (QED) is 0.647. The molecule has 0 saturated carbocycles. The Balaban J connectivity index is 2.21. The molecule has 0 aliphatic carbocycles. The summed E-state index contributed by atoms with van der Waals surface area (Å²) in [4.78, 5) is 5.47. The van der Waals surface area contributed by atoms with E-state index in [1.807, 2.05) is 16.0 Å². The number of rotatable bonds is 5. The van der Waals surface area contributed by atoms with Gasteiger partial charge in [-0.25, -0.2) is 4.98 Å². The molecule has 0 unspecified atom stereocenters. The van der Waals surface area contributed by atoms with Crippen LogP contribution in [0.5, 0.6) is 0 Å². The maximum atomic E-state index is 9.31. The van der Waals surface area contributed by atoms with Gasteiger partial charge in [0.15, 0.2) is 4.96 Å². The molecule has 0 fully saturated rings. The second-order valence-corrected chi connectivity index (χ2v) is 5.24. The molecule has 2 heterocycles. The number of unbranched alkanes of at least 4 members (excludes halogenated alkanes) is 1. The largest absolute Gasteiger partial charge is 0.390 e. The number of nitrogens with zero attached hydrogens (tertiary/aromatic N) is 2. The molecule has 15 heavy (non-hydrogen) atoms. The van der Waals surface area contributed by atoms with E-state index in [9.17, 15) is 5.11 Å². The van der Waals surface area contributed by atoms with Crippen LogP contribution in [-0.2, 0) is 6.61 Å². The number of aliphatic hydroxyl groups is 1. The second kappa shape index (κ2) is 5.01. The first-order chi connectivity index (χ1) is 7.36. The van der Waals surface area contributed by atoms with Crippen molar-refractivity contribution in [3.8, 4) is 0 Å². The zero-order valence-corrected chi connectivity index (χ0v) is 10.3. The minimum Gasteiger partial charge on any atom is -0.390 e. The fourth-order valence-corrected chi connectivity index (χ4v) is 3.28. The van der Waals surface area contributed by atoms with Crippen LogP contribution in [0, 0.1) is 0 Å². The second-order valence-electron chi connectivity index (χ2n) is 3.28. The molecule has 0 saturated heterocycles. The van der Waals surface area contributed by atoms with Gasteiger partial charge in [0.1, 0.15) is 5.03 Å². The Kier molecular flexibility index (Phi) is 3.66. The van der Waals surface area contributed by atoms with Crippen molar-refractivity contribution in [2.45, 2.75) is 31.4 Å². The molecule has 0 bridgehead atoms. The summed E-state index contributed by atoms with van der Waals surface area (Å²) < 4.78 is 1.97. The number of aromatic nitrogens is 2. The van der Waals surface area contributed by atoms with Crippen molar-refractivity contribution in [3.05, 3.63) is 17.3 Å². The topological polar surface area (TPSA) is 37.5 Å². The van der Waals surface area contributed by atoms with E-state index in [4.69, 9.17) is 0 Å². The Labute approximate surface area is 97.2 Å². The van der Waals surface area contributed by atoms with Gasteiger partial charge < -0.3 is 5.11 Å². The molecule has 0 aliphatic rings. The molecular weight excluding hydrogens is 228 g/mol. The maximum Gasteiger partial charge on any atom is 0.195 e. The highest BCUT2D eigenvalue weighted by Crippen LogP contribution is 2.26. The first-order valence-electron chi connectivity index (χ1n) is 5.05. The molecule has 2 rings (SSSR count). The molecule has 0 radical (unpaired) electrons. The summed E-state index contributed by atoms with van der Waals surface area (Å²) in [6.07, 6.45) is 4.35. The zero-order chi connectivity index (χ0) is 10.7. The van der Waals surface area contributed by atoms with Crippen molar-refractivity contribution >= 4 is 28.1 Å². The van der Waals surface area contributed by atoms with E-state index in [0.29, 0.717) is 0 Å². The normalized spacial score (nSPS) is 11.3. The van der Waals surface area contributed by atoms with Crippen LogP contribution < -0.4 is 0 Å². The van der Waals surface area contributed by atoms with Crippen molar-refractivity contribution in [2.24, 2.45) is 0 Å². The molecule has 0 atom stereocenters. The lowest BCUT2D eigenvalue weighted by Crippen LogP contribution is -1.91. The SMILES string of the molecule is CCCCSc1nc2sccn2c1CO. The first kappa shape index (κ1) is 11.0. The summed E-state index contributed by atoms with van der Waals surface area (Å²) >= 11 is 3.35. The van der Waals surface area contributed by atoms with Crippen molar-refractivity contribution in [1.29, 1.82) is 0 Å². The third-order valence-corrected chi connectivity index (χ3v) is 4.06. The average Bonchev–Trinajstić information content (AvgIpc) is 2.77. The standard InChI is InChI=1S/C10H14N2OS2/c1-2-3-5-14-9-8(7-13)12-4-6-15-10(12)11-9/h4,6,13H,2-3,5,7H2,1H3. The van der Waals surface area contributed by atoms with Crippen molar-refractivity contribution in [2.75, 3.05) is 5.75 Å². The molecular formula is C10H14N2OS2. The minimum absolute atomic E-state index is 0.0619. The Bertz CT molecular complexity index is 435. The van der Waals surface area contributed by atoms with Gasteiger partial charge in [-0.15, -0.1) is 23.1 Å². The van der Waals surface area contributed by atoms with Crippen LogP contribution >= 0.6 is 23.1 Å². The van der Waals surface area contributed by atoms with Crippen LogP contribution in [0.4, 0.5) is 0 Å². The average molecular weight is 242 g/mol. The summed E-state index contributed by atoms with van der Waals surface area (Å²) in [6, 6.07) is 0. The minimum atomic E-state index is 0.0619. The van der Waals surface area contributed by atoms with Gasteiger partial charge in [-0.2, -0.15) is 0 Å². The zero-order valence-electron chi connectivity index (χ0n) is 8.64. The molecule has 82 valence electrons. The molecule has 2 aromatic rings. The lowest BCUT2D eigenvalue weighted by atomic mass is 10.4. The van der Waals surface area contributed by atoms with E-state index in [0.717, 1.165) is 21.4 Å². The molecule has 0 amide bonds. The van der Waals surface area contributed by atoms with Crippen LogP contribution in [0.25, 0.3) is 4.96 Å². The van der Waals surface area contributed by atoms with Crippen molar-refractivity contribution in [3.63, 3.8) is 0 Å². The van der Waals surface area contributed by atoms with E-state index in [-0.39, 0.29) is 6.61 Å². The van der Waals surface area contributed by atoms with Crippen LogP contribution in [0.2, 0.25) is 0 Å². The number of imidazole rings is 1. The summed E-state index contributed by atoms with van der Waals surface area (Å²) in [5, 5.41) is 12.3. The fourth-order valence-electron chi connectivity index (χ4n) is 1.39. The molecule has 3 nitrogen and oxygen atoms in total. The predicted octanol–water partition coefficient (Wildman–Crippen LogP) is 2.78. The van der Waals surface area contributed by atoms with Crippen molar-refractivity contribution in [1.82, 2.24) is 9.38 Å². The van der Waals surface area contributed by atoms with Crippen LogP contribution in [0.3, 0.4) is 0 Å². The van der Waals surface area contributed by atoms with Gasteiger partial charge in [0, 0.05) is 11.6 Å². The lowest BCUT2D eigenvalue weighted by Gasteiger charge is -1.99. The maximum absolute atomic E-state index is 9.31. The van der Waals surface area contributed by atoms with E-state index >= 15 is 0 Å². The number of thioether (sulfide) groups is 1. The molecule has 1 N–H and O–H groups in total. The summed E-state index contributed by atoms with van der Waals surface area (Å²) in [5.41, 5.74) is 0.923. The highest BCUT2D eigenvalue weighted by molar-refractivity contribution is 7.99. The smallest absolute Gasteiger partial charge is 0.195 e. The van der Waals surface area contributed by atoms with E-state index in [1.54, 1.807) is 23.1 Å². The Morgan fingerprint density at radius 1 is 1.60 bits per heavy atom. The van der Waals surface area contributed by atoms with E-state index in [1.165, 1.54) is 12.8 Å². The Hall–Kier alpha value is -0.520. The van der Waals surface area contributed by atoms with Gasteiger partial charge in [-0.1, -0.05) is 13.3 Å². The third kappa shape index (κ3) is 2.19. The Morgan fingerprint density at radius 2 is 2.47 bits per heavy atom. The van der Waals surface area contributed by atoms with E-state index in [2.05, 4.69) is 11.9 Å². The van der Waals surface area contributed by atoms with Gasteiger partial charge in [-0.3, -0.25) is 4.40 Å². The molecule has 2 aromatic heterocycles. The monoisotopic (exact) mass is 242 g/mol. The lowest BCUT2D eigenvalue weighted by molar-refractivity contribution is 0.272. The highest BCUT2D eigenvalue weighted by atomic mass is 32.2. The molecule has 0 aromatic carbocycles. The number of fused-ring (bicyclic) bond motifs is 1. The van der Waals surface area contributed by atoms with E-state index < -0.39 is 0 Å². The van der Waals surface area contributed by atoms with Crippen LogP contribution in [0.1, 0.15) is 25.5 Å². The van der Waals surface area contributed by atoms with Crippen LogP contribution in [0.15, 0.2) is 16.6 Å². The number of aliphatic hydroxyl groups excluding tert-OH is 1. The first-order valence-corrected chi connectivity index (χ1v) is 6.91. The summed E-state index contributed by atoms with van der Waals surface area (Å²) in [6.45, 7) is 2.24.